The number of hydrogen-bond donors (Lipinski definition) is 1. The Morgan fingerprint density at radius 1 is 0.935 bits per heavy atom. The summed E-state index contributed by atoms with van der Waals surface area (Å²) in [5.74, 6) is -0.891. The molecule has 0 aliphatic rings. The lowest BCUT2D eigenvalue weighted by Crippen LogP contribution is -2.44. The van der Waals surface area contributed by atoms with Crippen LogP contribution in [-0.2, 0) is 16.8 Å². The third-order valence-electron chi connectivity index (χ3n) is 5.78. The normalized spacial score (nSPS) is 12.4. The van der Waals surface area contributed by atoms with Crippen LogP contribution in [0.15, 0.2) is 42.5 Å². The molecule has 5 nitrogen and oxygen atoms in total. The molecule has 0 aliphatic heterocycles. The number of carbonyl (C=O) groups is 2. The van der Waals surface area contributed by atoms with Crippen LogP contribution in [0, 0.1) is 0 Å². The molecule has 0 heterocycles. The van der Waals surface area contributed by atoms with Gasteiger partial charge in [-0.3, -0.25) is 0 Å². The number of carboxylic acid groups (broad SMARTS) is 1. The molecule has 6 heteroatoms. The highest BCUT2D eigenvalue weighted by Gasteiger charge is 2.40. The molecule has 2 rings (SSSR count). The van der Waals surface area contributed by atoms with Crippen LogP contribution < -0.4 is 4.43 Å². The van der Waals surface area contributed by atoms with Gasteiger partial charge in [0.25, 0.3) is 0 Å². The van der Waals surface area contributed by atoms with Crippen molar-refractivity contribution in [1.29, 1.82) is 0 Å². The number of carbonyl (C=O) groups excluding carboxylic acids is 1. The van der Waals surface area contributed by atoms with Gasteiger partial charge in [0.15, 0.2) is 0 Å². The van der Waals surface area contributed by atoms with Gasteiger partial charge >= 0.3 is 11.9 Å². The number of esters is 1. The molecule has 0 aliphatic carbocycles. The SMILES string of the molecule is CC(C)(C)c1c(O[Si](C)(C)C(C)(C)C)ccc(C(=O)O)c1COC(=O)c1ccccc1. The van der Waals surface area contributed by atoms with Crippen molar-refractivity contribution in [2.45, 2.75) is 71.7 Å². The Morgan fingerprint density at radius 2 is 1.52 bits per heavy atom. The lowest BCUT2D eigenvalue weighted by molar-refractivity contribution is 0.0463. The molecular weight excluding hydrogens is 408 g/mol. The first-order valence-corrected chi connectivity index (χ1v) is 13.4. The zero-order valence-corrected chi connectivity index (χ0v) is 20.8. The second-order valence-electron chi connectivity index (χ2n) is 10.3. The molecule has 0 saturated heterocycles. The Morgan fingerprint density at radius 3 is 2.00 bits per heavy atom. The number of benzene rings is 2. The second kappa shape index (κ2) is 8.87. The number of carboxylic acids is 1. The number of hydrogen-bond acceptors (Lipinski definition) is 4. The average molecular weight is 443 g/mol. The molecule has 2 aromatic rings. The molecule has 168 valence electrons. The van der Waals surface area contributed by atoms with Crippen LogP contribution >= 0.6 is 0 Å². The number of ether oxygens (including phenoxy) is 1. The van der Waals surface area contributed by atoms with E-state index in [4.69, 9.17) is 9.16 Å². The van der Waals surface area contributed by atoms with Crippen molar-refractivity contribution < 1.29 is 23.9 Å². The van der Waals surface area contributed by atoms with Crippen molar-refractivity contribution in [3.63, 3.8) is 0 Å². The van der Waals surface area contributed by atoms with Gasteiger partial charge in [0.2, 0.25) is 8.32 Å². The molecule has 0 fully saturated rings. The Bertz CT molecular complexity index is 950. The fourth-order valence-electron chi connectivity index (χ4n) is 3.11. The minimum atomic E-state index is -2.18. The summed E-state index contributed by atoms with van der Waals surface area (Å²) in [5, 5.41) is 9.80. The van der Waals surface area contributed by atoms with Crippen LogP contribution in [0.25, 0.3) is 0 Å². The first kappa shape index (κ1) is 24.7. The molecule has 1 N–H and O–H groups in total. The molecule has 0 unspecified atom stereocenters. The summed E-state index contributed by atoms with van der Waals surface area (Å²) in [6.07, 6.45) is 0. The summed E-state index contributed by atoms with van der Waals surface area (Å²) in [6.45, 7) is 16.7. The van der Waals surface area contributed by atoms with Crippen molar-refractivity contribution in [2.24, 2.45) is 0 Å². The van der Waals surface area contributed by atoms with E-state index in [-0.39, 0.29) is 17.2 Å². The summed E-state index contributed by atoms with van der Waals surface area (Å²) < 4.78 is 12.1. The monoisotopic (exact) mass is 442 g/mol. The predicted octanol–water partition coefficient (Wildman–Crippen LogP) is 6.42. The van der Waals surface area contributed by atoms with Gasteiger partial charge in [-0.2, -0.15) is 0 Å². The van der Waals surface area contributed by atoms with Crippen molar-refractivity contribution in [3.8, 4) is 5.75 Å². The van der Waals surface area contributed by atoms with E-state index < -0.39 is 25.7 Å². The van der Waals surface area contributed by atoms with E-state index in [1.54, 1.807) is 36.4 Å². The maximum atomic E-state index is 12.5. The predicted molar refractivity (Wildman–Crippen MR) is 125 cm³/mol. The molecule has 0 radical (unpaired) electrons. The van der Waals surface area contributed by atoms with E-state index in [0.29, 0.717) is 16.9 Å². The Hall–Kier alpha value is -2.60. The molecule has 31 heavy (non-hydrogen) atoms. The molecule has 0 bridgehead atoms. The zero-order valence-electron chi connectivity index (χ0n) is 19.8. The fourth-order valence-corrected chi connectivity index (χ4v) is 4.13. The number of aromatic carboxylic acids is 1. The maximum absolute atomic E-state index is 12.5. The molecular formula is C25H34O5Si. The summed E-state index contributed by atoms with van der Waals surface area (Å²) in [4.78, 5) is 24.5. The smallest absolute Gasteiger partial charge is 0.338 e. The third kappa shape index (κ3) is 5.76. The highest BCUT2D eigenvalue weighted by Crippen LogP contribution is 2.42. The Balaban J connectivity index is 2.56. The standard InChI is InChI=1S/C25H34O5Si/c1-24(2,3)21-19(16-29-23(28)17-12-10-9-11-13-17)18(22(26)27)14-15-20(21)30-31(7,8)25(4,5)6/h9-15H,16H2,1-8H3,(H,26,27). The van der Waals surface area contributed by atoms with Crippen LogP contribution in [0.3, 0.4) is 0 Å². The lowest BCUT2D eigenvalue weighted by Gasteiger charge is -2.38. The van der Waals surface area contributed by atoms with E-state index in [2.05, 4.69) is 33.9 Å². The molecule has 0 spiro atoms. The first-order valence-electron chi connectivity index (χ1n) is 10.5. The third-order valence-corrected chi connectivity index (χ3v) is 10.1. The summed E-state index contributed by atoms with van der Waals surface area (Å²) in [7, 11) is -2.18. The van der Waals surface area contributed by atoms with E-state index in [0.717, 1.165) is 5.56 Å². The van der Waals surface area contributed by atoms with Gasteiger partial charge < -0.3 is 14.3 Å². The molecule has 0 atom stereocenters. The average Bonchev–Trinajstić information content (AvgIpc) is 2.64. The number of rotatable bonds is 6. The van der Waals surface area contributed by atoms with Crippen molar-refractivity contribution in [2.75, 3.05) is 0 Å². The largest absolute Gasteiger partial charge is 0.543 e. The summed E-state index contributed by atoms with van der Waals surface area (Å²) >= 11 is 0. The van der Waals surface area contributed by atoms with Crippen LogP contribution in [0.4, 0.5) is 0 Å². The van der Waals surface area contributed by atoms with Gasteiger partial charge in [0.1, 0.15) is 12.4 Å². The van der Waals surface area contributed by atoms with Gasteiger partial charge in [-0.1, -0.05) is 59.7 Å². The molecule has 0 amide bonds. The van der Waals surface area contributed by atoms with Crippen molar-refractivity contribution >= 4 is 20.3 Å². The van der Waals surface area contributed by atoms with Gasteiger partial charge in [-0.05, 0) is 47.8 Å². The van der Waals surface area contributed by atoms with Gasteiger partial charge in [-0.25, -0.2) is 9.59 Å². The fraction of sp³-hybridized carbons (Fsp3) is 0.440. The topological polar surface area (TPSA) is 72.8 Å². The van der Waals surface area contributed by atoms with E-state index in [9.17, 15) is 14.7 Å². The highest BCUT2D eigenvalue weighted by molar-refractivity contribution is 6.74. The molecule has 0 aromatic heterocycles. The van der Waals surface area contributed by atoms with Crippen LogP contribution in [0.2, 0.25) is 18.1 Å². The zero-order chi connectivity index (χ0) is 23.6. The minimum absolute atomic E-state index is 0.0203. The quantitative estimate of drug-likeness (QED) is 0.412. The van der Waals surface area contributed by atoms with Gasteiger partial charge in [0, 0.05) is 11.1 Å². The van der Waals surface area contributed by atoms with Crippen LogP contribution in [0.1, 0.15) is 73.4 Å². The highest BCUT2D eigenvalue weighted by atomic mass is 28.4. The summed E-state index contributed by atoms with van der Waals surface area (Å²) in [6, 6.07) is 12.0. The first-order chi connectivity index (χ1) is 14.1. The van der Waals surface area contributed by atoms with E-state index in [1.165, 1.54) is 0 Å². The van der Waals surface area contributed by atoms with Crippen molar-refractivity contribution in [3.05, 3.63) is 64.7 Å². The minimum Gasteiger partial charge on any atom is -0.543 e. The Labute approximate surface area is 186 Å². The lowest BCUT2D eigenvalue weighted by atomic mass is 9.81. The Kier molecular flexibility index (Phi) is 7.06. The van der Waals surface area contributed by atoms with Crippen molar-refractivity contribution in [1.82, 2.24) is 0 Å². The van der Waals surface area contributed by atoms with Gasteiger partial charge in [-0.15, -0.1) is 0 Å². The molecule has 0 saturated carbocycles. The summed E-state index contributed by atoms with van der Waals surface area (Å²) in [5.41, 5.74) is 1.36. The van der Waals surface area contributed by atoms with Crippen LogP contribution in [-0.4, -0.2) is 25.4 Å². The maximum Gasteiger partial charge on any atom is 0.338 e. The van der Waals surface area contributed by atoms with E-state index >= 15 is 0 Å². The van der Waals surface area contributed by atoms with Crippen LogP contribution in [0.5, 0.6) is 5.75 Å². The van der Waals surface area contributed by atoms with E-state index in [1.807, 2.05) is 26.8 Å². The van der Waals surface area contributed by atoms with Gasteiger partial charge in [0.05, 0.1) is 11.1 Å². The second-order valence-corrected chi connectivity index (χ2v) is 15.0. The molecule has 2 aromatic carbocycles.